The molecule has 0 bridgehead atoms. The molecular weight excluding hydrogens is 695 g/mol. The zero-order chi connectivity index (χ0) is 41.0. The van der Waals surface area contributed by atoms with Crippen molar-refractivity contribution in [2.24, 2.45) is 0 Å². The number of nitrogens with one attached hydrogen (secondary N) is 1. The molecule has 56 heavy (non-hydrogen) atoms. The molecule has 0 saturated heterocycles. The largest absolute Gasteiger partial charge is 0.394 e. The molecule has 0 radical (unpaired) electrons. The van der Waals surface area contributed by atoms with E-state index in [2.05, 4.69) is 55.6 Å². The summed E-state index contributed by atoms with van der Waals surface area (Å²) in [5.41, 5.74) is 0. The summed E-state index contributed by atoms with van der Waals surface area (Å²) in [6, 6.07) is -1.00. The monoisotopic (exact) mass is 790 g/mol. The predicted octanol–water partition coefficient (Wildman–Crippen LogP) is 13.3. The lowest BCUT2D eigenvalue weighted by Gasteiger charge is -2.27. The summed E-state index contributed by atoms with van der Waals surface area (Å²) in [5, 5.41) is 43.6. The molecule has 1 amide bonds. The first-order valence-electron chi connectivity index (χ1n) is 24.4. The van der Waals surface area contributed by atoms with Gasteiger partial charge in [0.1, 0.15) is 12.2 Å². The van der Waals surface area contributed by atoms with E-state index in [1.165, 1.54) is 173 Å². The van der Waals surface area contributed by atoms with Crippen LogP contribution < -0.4 is 5.32 Å². The van der Waals surface area contributed by atoms with Crippen LogP contribution in [0.5, 0.6) is 0 Å². The summed E-state index contributed by atoms with van der Waals surface area (Å²) in [7, 11) is 0. The number of carbonyl (C=O) groups is 1. The molecule has 4 atom stereocenters. The maximum Gasteiger partial charge on any atom is 0.249 e. The molecule has 0 aliphatic rings. The second kappa shape index (κ2) is 44.6. The highest BCUT2D eigenvalue weighted by Gasteiger charge is 2.28. The van der Waals surface area contributed by atoms with E-state index in [0.717, 1.165) is 44.9 Å². The van der Waals surface area contributed by atoms with Crippen LogP contribution in [0.15, 0.2) is 36.5 Å². The molecule has 0 heterocycles. The second-order valence-corrected chi connectivity index (χ2v) is 16.8. The number of carbonyl (C=O) groups excluding carboxylic acids is 1. The van der Waals surface area contributed by atoms with Crippen molar-refractivity contribution in [3.63, 3.8) is 0 Å². The van der Waals surface area contributed by atoms with Gasteiger partial charge in [0.25, 0.3) is 0 Å². The lowest BCUT2D eigenvalue weighted by Crippen LogP contribution is -2.53. The van der Waals surface area contributed by atoms with Crippen LogP contribution in [0.25, 0.3) is 0 Å². The third-order valence-electron chi connectivity index (χ3n) is 11.3. The maximum atomic E-state index is 12.5. The van der Waals surface area contributed by atoms with Crippen LogP contribution >= 0.6 is 0 Å². The van der Waals surface area contributed by atoms with Gasteiger partial charge in [0.05, 0.1) is 18.8 Å². The van der Waals surface area contributed by atoms with Gasteiger partial charge in [0, 0.05) is 0 Å². The van der Waals surface area contributed by atoms with Crippen molar-refractivity contribution < 1.29 is 25.2 Å². The van der Waals surface area contributed by atoms with Crippen molar-refractivity contribution in [2.75, 3.05) is 6.61 Å². The number of amides is 1. The SMILES string of the molecule is CCCCCCCCC/C=C/CCCC(O)C(O)C(CO)NC(=O)C(O)CCCCCCCCCCCCCC/C=C\C/C=C\CCCCCCCCCCC. The van der Waals surface area contributed by atoms with E-state index in [1.54, 1.807) is 0 Å². The quantitative estimate of drug-likeness (QED) is 0.0312. The first kappa shape index (κ1) is 54.5. The molecule has 5 N–H and O–H groups in total. The van der Waals surface area contributed by atoms with Crippen LogP contribution in [0.4, 0.5) is 0 Å². The van der Waals surface area contributed by atoms with Crippen molar-refractivity contribution in [1.82, 2.24) is 5.32 Å². The minimum absolute atomic E-state index is 0.361. The van der Waals surface area contributed by atoms with E-state index < -0.39 is 36.9 Å². The van der Waals surface area contributed by atoms with E-state index in [0.29, 0.717) is 12.8 Å². The molecule has 0 spiro atoms. The Labute approximate surface area is 347 Å². The van der Waals surface area contributed by atoms with Crippen LogP contribution in [-0.4, -0.2) is 57.3 Å². The van der Waals surface area contributed by atoms with E-state index in [4.69, 9.17) is 0 Å². The van der Waals surface area contributed by atoms with Gasteiger partial charge >= 0.3 is 0 Å². The summed E-state index contributed by atoms with van der Waals surface area (Å²) in [5.74, 6) is -0.595. The van der Waals surface area contributed by atoms with Crippen LogP contribution in [0, 0.1) is 0 Å². The molecule has 0 saturated carbocycles. The smallest absolute Gasteiger partial charge is 0.249 e. The first-order valence-corrected chi connectivity index (χ1v) is 24.4. The number of aliphatic hydroxyl groups excluding tert-OH is 4. The van der Waals surface area contributed by atoms with Crippen molar-refractivity contribution in [1.29, 1.82) is 0 Å². The normalized spacial score (nSPS) is 14.3. The Morgan fingerprint density at radius 1 is 0.446 bits per heavy atom. The molecular formula is C50H95NO5. The summed E-state index contributed by atoms with van der Waals surface area (Å²) in [6.45, 7) is 4.03. The van der Waals surface area contributed by atoms with Crippen molar-refractivity contribution in [2.45, 2.75) is 269 Å². The Kier molecular flexibility index (Phi) is 43.5. The number of rotatable bonds is 44. The van der Waals surface area contributed by atoms with Gasteiger partial charge in [-0.25, -0.2) is 0 Å². The number of hydrogen-bond acceptors (Lipinski definition) is 5. The van der Waals surface area contributed by atoms with E-state index in [9.17, 15) is 25.2 Å². The third-order valence-corrected chi connectivity index (χ3v) is 11.3. The molecule has 330 valence electrons. The van der Waals surface area contributed by atoms with Crippen LogP contribution in [0.2, 0.25) is 0 Å². The first-order chi connectivity index (χ1) is 27.5. The molecule has 0 aromatic carbocycles. The van der Waals surface area contributed by atoms with Gasteiger partial charge in [-0.3, -0.25) is 4.79 Å². The van der Waals surface area contributed by atoms with Crippen molar-refractivity contribution in [3.05, 3.63) is 36.5 Å². The molecule has 0 aliphatic heterocycles. The highest BCUT2D eigenvalue weighted by atomic mass is 16.3. The third kappa shape index (κ3) is 38.1. The van der Waals surface area contributed by atoms with Gasteiger partial charge in [0.15, 0.2) is 0 Å². The predicted molar refractivity (Wildman–Crippen MR) is 242 cm³/mol. The van der Waals surface area contributed by atoms with E-state index in [-0.39, 0.29) is 0 Å². The minimum Gasteiger partial charge on any atom is -0.394 e. The molecule has 6 nitrogen and oxygen atoms in total. The number of hydrogen-bond donors (Lipinski definition) is 5. The minimum atomic E-state index is -1.28. The topological polar surface area (TPSA) is 110 Å². The molecule has 0 aromatic heterocycles. The summed E-state index contributed by atoms with van der Waals surface area (Å²) in [6.07, 6.45) is 53.4. The van der Waals surface area contributed by atoms with Gasteiger partial charge in [-0.2, -0.15) is 0 Å². The van der Waals surface area contributed by atoms with Crippen LogP contribution in [0.3, 0.4) is 0 Å². The zero-order valence-corrected chi connectivity index (χ0v) is 37.1. The number of aliphatic hydroxyl groups is 4. The lowest BCUT2D eigenvalue weighted by atomic mass is 10.00. The average molecular weight is 790 g/mol. The fourth-order valence-corrected chi connectivity index (χ4v) is 7.44. The zero-order valence-electron chi connectivity index (χ0n) is 37.1. The Morgan fingerprint density at radius 3 is 1.18 bits per heavy atom. The highest BCUT2D eigenvalue weighted by Crippen LogP contribution is 2.16. The molecule has 4 unspecified atom stereocenters. The van der Waals surface area contributed by atoms with Crippen LogP contribution in [-0.2, 0) is 4.79 Å². The molecule has 6 heteroatoms. The standard InChI is InChI=1S/C50H95NO5/c1-3-5-7-9-11-13-15-17-18-19-20-21-22-23-24-25-26-27-28-29-30-31-32-34-36-38-40-42-44-48(54)50(56)51-46(45-52)49(55)47(53)43-41-39-37-35-33-16-14-12-10-8-6-4-2/h20-21,23-24,35,37,46-49,52-55H,3-19,22,25-34,36,38-45H2,1-2H3,(H,51,56)/b21-20-,24-23-,37-35+. The fourth-order valence-electron chi connectivity index (χ4n) is 7.44. The summed E-state index contributed by atoms with van der Waals surface area (Å²) in [4.78, 5) is 12.5. The van der Waals surface area contributed by atoms with Gasteiger partial charge in [0.2, 0.25) is 5.91 Å². The summed E-state index contributed by atoms with van der Waals surface area (Å²) < 4.78 is 0. The molecule has 0 fully saturated rings. The summed E-state index contributed by atoms with van der Waals surface area (Å²) >= 11 is 0. The molecule has 0 aromatic rings. The van der Waals surface area contributed by atoms with Crippen LogP contribution in [0.1, 0.15) is 245 Å². The Hall–Kier alpha value is -1.47. The number of unbranched alkanes of at least 4 members (excludes halogenated alkanes) is 29. The Balaban J connectivity index is 3.66. The van der Waals surface area contributed by atoms with E-state index in [1.807, 2.05) is 0 Å². The Morgan fingerprint density at radius 2 is 0.786 bits per heavy atom. The molecule has 0 rings (SSSR count). The fraction of sp³-hybridized carbons (Fsp3) is 0.860. The van der Waals surface area contributed by atoms with E-state index >= 15 is 0 Å². The van der Waals surface area contributed by atoms with Crippen molar-refractivity contribution in [3.8, 4) is 0 Å². The van der Waals surface area contributed by atoms with Gasteiger partial charge < -0.3 is 25.7 Å². The Bertz CT molecular complexity index is 889. The second-order valence-electron chi connectivity index (χ2n) is 16.8. The lowest BCUT2D eigenvalue weighted by molar-refractivity contribution is -0.132. The molecule has 0 aliphatic carbocycles. The van der Waals surface area contributed by atoms with Gasteiger partial charge in [-0.15, -0.1) is 0 Å². The highest BCUT2D eigenvalue weighted by molar-refractivity contribution is 5.80. The van der Waals surface area contributed by atoms with Crippen molar-refractivity contribution >= 4 is 5.91 Å². The maximum absolute atomic E-state index is 12.5. The number of allylic oxidation sites excluding steroid dienone is 6. The van der Waals surface area contributed by atoms with Gasteiger partial charge in [-0.1, -0.05) is 211 Å². The van der Waals surface area contributed by atoms with Gasteiger partial charge in [-0.05, 0) is 70.6 Å². The average Bonchev–Trinajstić information content (AvgIpc) is 3.20.